The van der Waals surface area contributed by atoms with Crippen molar-refractivity contribution in [3.63, 3.8) is 0 Å². The summed E-state index contributed by atoms with van der Waals surface area (Å²) in [5, 5.41) is 5.32. The van der Waals surface area contributed by atoms with Crippen LogP contribution in [0.5, 0.6) is 0 Å². The SMILES string of the molecule is O=C(Nc1ccc(F)cc1)c1cnc(Nc2ccccc2F)nc1. The van der Waals surface area contributed by atoms with Gasteiger partial charge in [0.2, 0.25) is 5.95 Å². The average molecular weight is 326 g/mol. The van der Waals surface area contributed by atoms with Crippen LogP contribution in [0.15, 0.2) is 60.9 Å². The van der Waals surface area contributed by atoms with E-state index in [1.165, 1.54) is 42.7 Å². The standard InChI is InChI=1S/C17H12F2N4O/c18-12-5-7-13(8-6-12)22-16(24)11-9-20-17(21-10-11)23-15-4-2-1-3-14(15)19/h1-10H,(H,22,24)(H,20,21,23). The van der Waals surface area contributed by atoms with E-state index in [0.29, 0.717) is 5.69 Å². The third-order valence-electron chi connectivity index (χ3n) is 3.14. The lowest BCUT2D eigenvalue weighted by Gasteiger charge is -2.07. The highest BCUT2D eigenvalue weighted by atomic mass is 19.1. The summed E-state index contributed by atoms with van der Waals surface area (Å²) >= 11 is 0. The van der Waals surface area contributed by atoms with Gasteiger partial charge in [-0.3, -0.25) is 4.79 Å². The molecule has 2 N–H and O–H groups in total. The average Bonchev–Trinajstić information content (AvgIpc) is 2.59. The minimum Gasteiger partial charge on any atom is -0.322 e. The molecule has 7 heteroatoms. The second-order valence-electron chi connectivity index (χ2n) is 4.86. The molecule has 0 aliphatic carbocycles. The van der Waals surface area contributed by atoms with Gasteiger partial charge >= 0.3 is 0 Å². The first-order valence-corrected chi connectivity index (χ1v) is 7.02. The number of nitrogens with zero attached hydrogens (tertiary/aromatic N) is 2. The van der Waals surface area contributed by atoms with Crippen molar-refractivity contribution in [1.82, 2.24) is 9.97 Å². The molecule has 1 amide bonds. The fourth-order valence-electron chi connectivity index (χ4n) is 1.93. The Kier molecular flexibility index (Phi) is 4.42. The summed E-state index contributed by atoms with van der Waals surface area (Å²) in [5.41, 5.74) is 0.911. The van der Waals surface area contributed by atoms with Crippen LogP contribution in [0.2, 0.25) is 0 Å². The topological polar surface area (TPSA) is 66.9 Å². The van der Waals surface area contributed by atoms with Crippen LogP contribution < -0.4 is 10.6 Å². The lowest BCUT2D eigenvalue weighted by Crippen LogP contribution is -2.13. The second-order valence-corrected chi connectivity index (χ2v) is 4.86. The molecule has 5 nitrogen and oxygen atoms in total. The Bertz CT molecular complexity index is 851. The molecule has 0 radical (unpaired) electrons. The lowest BCUT2D eigenvalue weighted by molar-refractivity contribution is 0.102. The summed E-state index contributed by atoms with van der Waals surface area (Å²) in [6.45, 7) is 0. The van der Waals surface area contributed by atoms with Crippen molar-refractivity contribution in [2.45, 2.75) is 0 Å². The molecule has 0 aliphatic rings. The molecule has 0 fully saturated rings. The van der Waals surface area contributed by atoms with Crippen LogP contribution in [0.1, 0.15) is 10.4 Å². The number of carbonyl (C=O) groups excluding carboxylic acids is 1. The van der Waals surface area contributed by atoms with Crippen molar-refractivity contribution in [1.29, 1.82) is 0 Å². The molecule has 24 heavy (non-hydrogen) atoms. The molecular weight excluding hydrogens is 314 g/mol. The highest BCUT2D eigenvalue weighted by molar-refractivity contribution is 6.03. The monoisotopic (exact) mass is 326 g/mol. The number of amides is 1. The summed E-state index contributed by atoms with van der Waals surface area (Å²) < 4.78 is 26.4. The van der Waals surface area contributed by atoms with Crippen molar-refractivity contribution >= 4 is 23.2 Å². The van der Waals surface area contributed by atoms with Gasteiger partial charge < -0.3 is 10.6 Å². The number of aromatic nitrogens is 2. The molecule has 2 aromatic carbocycles. The first-order chi connectivity index (χ1) is 11.6. The molecule has 0 bridgehead atoms. The minimum absolute atomic E-state index is 0.165. The number of para-hydroxylation sites is 1. The highest BCUT2D eigenvalue weighted by Gasteiger charge is 2.09. The van der Waals surface area contributed by atoms with Crippen LogP contribution >= 0.6 is 0 Å². The van der Waals surface area contributed by atoms with E-state index in [9.17, 15) is 13.6 Å². The predicted octanol–water partition coefficient (Wildman–Crippen LogP) is 3.75. The van der Waals surface area contributed by atoms with E-state index in [1.807, 2.05) is 0 Å². The Labute approximate surface area is 136 Å². The summed E-state index contributed by atoms with van der Waals surface area (Å²) in [6, 6.07) is 11.5. The predicted molar refractivity (Wildman–Crippen MR) is 86.1 cm³/mol. The van der Waals surface area contributed by atoms with Crippen molar-refractivity contribution in [3.8, 4) is 0 Å². The molecule has 0 saturated heterocycles. The summed E-state index contributed by atoms with van der Waals surface area (Å²) in [6.07, 6.45) is 2.63. The molecule has 0 unspecified atom stereocenters. The van der Waals surface area contributed by atoms with Crippen LogP contribution in [-0.2, 0) is 0 Å². The molecule has 3 aromatic rings. The number of carbonyl (C=O) groups is 1. The number of hydrogen-bond donors (Lipinski definition) is 2. The van der Waals surface area contributed by atoms with Crippen LogP contribution in [0.4, 0.5) is 26.1 Å². The Morgan fingerprint density at radius 3 is 2.25 bits per heavy atom. The number of hydrogen-bond acceptors (Lipinski definition) is 4. The fourth-order valence-corrected chi connectivity index (χ4v) is 1.93. The molecule has 3 rings (SSSR count). The third kappa shape index (κ3) is 3.70. The zero-order chi connectivity index (χ0) is 16.9. The summed E-state index contributed by atoms with van der Waals surface area (Å²) in [4.78, 5) is 20.0. The van der Waals surface area contributed by atoms with Crippen LogP contribution in [-0.4, -0.2) is 15.9 Å². The van der Waals surface area contributed by atoms with Crippen LogP contribution in [0, 0.1) is 11.6 Å². The van der Waals surface area contributed by atoms with Gasteiger partial charge in [0.25, 0.3) is 5.91 Å². The molecule has 0 atom stereocenters. The molecule has 0 spiro atoms. The van der Waals surface area contributed by atoms with Crippen molar-refractivity contribution in [3.05, 3.63) is 78.1 Å². The van der Waals surface area contributed by atoms with Crippen LogP contribution in [0.25, 0.3) is 0 Å². The first-order valence-electron chi connectivity index (χ1n) is 7.02. The molecule has 120 valence electrons. The summed E-state index contributed by atoms with van der Waals surface area (Å²) in [5.74, 6) is -1.09. The number of halogens is 2. The number of anilines is 3. The lowest BCUT2D eigenvalue weighted by atomic mass is 10.2. The van der Waals surface area contributed by atoms with Gasteiger partial charge in [0.1, 0.15) is 11.6 Å². The number of benzene rings is 2. The third-order valence-corrected chi connectivity index (χ3v) is 3.14. The van der Waals surface area contributed by atoms with E-state index >= 15 is 0 Å². The van der Waals surface area contributed by atoms with Gasteiger partial charge in [-0.15, -0.1) is 0 Å². The normalized spacial score (nSPS) is 10.2. The van der Waals surface area contributed by atoms with Crippen molar-refractivity contribution < 1.29 is 13.6 Å². The minimum atomic E-state index is -0.431. The zero-order valence-electron chi connectivity index (χ0n) is 12.3. The Morgan fingerprint density at radius 2 is 1.58 bits per heavy atom. The maximum Gasteiger partial charge on any atom is 0.258 e. The van der Waals surface area contributed by atoms with Gasteiger partial charge in [0.15, 0.2) is 0 Å². The summed E-state index contributed by atoms with van der Waals surface area (Å²) in [7, 11) is 0. The van der Waals surface area contributed by atoms with Gasteiger partial charge in [-0.1, -0.05) is 12.1 Å². The Hall–Kier alpha value is -3.35. The van der Waals surface area contributed by atoms with Gasteiger partial charge in [-0.25, -0.2) is 18.7 Å². The van der Waals surface area contributed by atoms with Gasteiger partial charge in [0.05, 0.1) is 11.3 Å². The van der Waals surface area contributed by atoms with E-state index in [-0.39, 0.29) is 23.0 Å². The van der Waals surface area contributed by atoms with E-state index in [0.717, 1.165) is 0 Å². The molecule has 0 aliphatic heterocycles. The smallest absolute Gasteiger partial charge is 0.258 e. The van der Waals surface area contributed by atoms with E-state index in [2.05, 4.69) is 20.6 Å². The molecular formula is C17H12F2N4O. The number of nitrogens with one attached hydrogen (secondary N) is 2. The Balaban J connectivity index is 1.68. The Morgan fingerprint density at radius 1 is 0.917 bits per heavy atom. The van der Waals surface area contributed by atoms with E-state index in [1.54, 1.807) is 18.2 Å². The fraction of sp³-hybridized carbons (Fsp3) is 0. The van der Waals surface area contributed by atoms with E-state index in [4.69, 9.17) is 0 Å². The highest BCUT2D eigenvalue weighted by Crippen LogP contribution is 2.16. The van der Waals surface area contributed by atoms with Crippen LogP contribution in [0.3, 0.4) is 0 Å². The van der Waals surface area contributed by atoms with Gasteiger partial charge in [0, 0.05) is 18.1 Å². The maximum absolute atomic E-state index is 13.5. The quantitative estimate of drug-likeness (QED) is 0.766. The molecule has 1 heterocycles. The zero-order valence-corrected chi connectivity index (χ0v) is 12.3. The molecule has 0 saturated carbocycles. The second kappa shape index (κ2) is 6.82. The number of rotatable bonds is 4. The van der Waals surface area contributed by atoms with Crippen molar-refractivity contribution in [2.75, 3.05) is 10.6 Å². The molecule has 1 aromatic heterocycles. The van der Waals surface area contributed by atoms with Gasteiger partial charge in [-0.05, 0) is 36.4 Å². The van der Waals surface area contributed by atoms with Gasteiger partial charge in [-0.2, -0.15) is 0 Å². The van der Waals surface area contributed by atoms with E-state index < -0.39 is 11.7 Å². The maximum atomic E-state index is 13.5. The first kappa shape index (κ1) is 15.5. The largest absolute Gasteiger partial charge is 0.322 e. The van der Waals surface area contributed by atoms with Crippen molar-refractivity contribution in [2.24, 2.45) is 0 Å².